The minimum atomic E-state index is -0.829. The SMILES string of the molecule is CC(C)(C(=O)O)c1cc2c3c(ccn3CCC2)c1. The molecule has 94 valence electrons. The summed E-state index contributed by atoms with van der Waals surface area (Å²) < 4.78 is 2.27. The van der Waals surface area contributed by atoms with E-state index in [1.807, 2.05) is 6.07 Å². The molecule has 3 rings (SSSR count). The van der Waals surface area contributed by atoms with Crippen LogP contribution in [0.4, 0.5) is 0 Å². The highest BCUT2D eigenvalue weighted by atomic mass is 16.4. The van der Waals surface area contributed by atoms with Gasteiger partial charge in [-0.3, -0.25) is 4.79 Å². The first-order chi connectivity index (χ1) is 8.50. The molecule has 1 aliphatic rings. The molecule has 0 radical (unpaired) electrons. The van der Waals surface area contributed by atoms with Crippen molar-refractivity contribution in [2.75, 3.05) is 0 Å². The second-order valence-corrected chi connectivity index (χ2v) is 5.62. The van der Waals surface area contributed by atoms with Crippen LogP contribution in [-0.4, -0.2) is 15.6 Å². The van der Waals surface area contributed by atoms with Crippen molar-refractivity contribution in [2.45, 2.75) is 38.6 Å². The van der Waals surface area contributed by atoms with Gasteiger partial charge in [0.25, 0.3) is 0 Å². The van der Waals surface area contributed by atoms with Crippen molar-refractivity contribution in [1.29, 1.82) is 0 Å². The highest BCUT2D eigenvalue weighted by Gasteiger charge is 2.30. The average molecular weight is 243 g/mol. The Morgan fingerprint density at radius 2 is 2.17 bits per heavy atom. The lowest BCUT2D eigenvalue weighted by Crippen LogP contribution is -2.28. The second kappa shape index (κ2) is 3.61. The van der Waals surface area contributed by atoms with E-state index in [0.29, 0.717) is 0 Å². The van der Waals surface area contributed by atoms with Crippen LogP contribution >= 0.6 is 0 Å². The predicted molar refractivity (Wildman–Crippen MR) is 70.9 cm³/mol. The van der Waals surface area contributed by atoms with Crippen molar-refractivity contribution in [1.82, 2.24) is 4.57 Å². The summed E-state index contributed by atoms with van der Waals surface area (Å²) in [6, 6.07) is 6.19. The first-order valence-electron chi connectivity index (χ1n) is 6.36. The Balaban J connectivity index is 2.25. The second-order valence-electron chi connectivity index (χ2n) is 5.62. The topological polar surface area (TPSA) is 42.2 Å². The molecule has 3 heteroatoms. The fourth-order valence-corrected chi connectivity index (χ4v) is 2.74. The van der Waals surface area contributed by atoms with Crippen LogP contribution in [0.3, 0.4) is 0 Å². The van der Waals surface area contributed by atoms with Gasteiger partial charge in [0.2, 0.25) is 0 Å². The van der Waals surface area contributed by atoms with Crippen LogP contribution < -0.4 is 0 Å². The molecule has 0 bridgehead atoms. The van der Waals surface area contributed by atoms with Crippen LogP contribution in [0.1, 0.15) is 31.4 Å². The van der Waals surface area contributed by atoms with Crippen LogP contribution in [0.2, 0.25) is 0 Å². The van der Waals surface area contributed by atoms with E-state index < -0.39 is 11.4 Å². The summed E-state index contributed by atoms with van der Waals surface area (Å²) >= 11 is 0. The summed E-state index contributed by atoms with van der Waals surface area (Å²) in [6.07, 6.45) is 4.28. The minimum Gasteiger partial charge on any atom is -0.481 e. The predicted octanol–water partition coefficient (Wildman–Crippen LogP) is 2.95. The molecule has 0 atom stereocenters. The van der Waals surface area contributed by atoms with Crippen LogP contribution in [0.25, 0.3) is 10.9 Å². The highest BCUT2D eigenvalue weighted by molar-refractivity contribution is 5.88. The van der Waals surface area contributed by atoms with E-state index in [0.717, 1.165) is 30.3 Å². The number of rotatable bonds is 2. The molecule has 1 aromatic carbocycles. The fraction of sp³-hybridized carbons (Fsp3) is 0.400. The van der Waals surface area contributed by atoms with Gasteiger partial charge in [0, 0.05) is 18.1 Å². The number of aliphatic carboxylic acids is 1. The normalized spacial score (nSPS) is 15.0. The molecule has 0 fully saturated rings. The van der Waals surface area contributed by atoms with Crippen molar-refractivity contribution < 1.29 is 9.90 Å². The van der Waals surface area contributed by atoms with Crippen molar-refractivity contribution in [2.24, 2.45) is 0 Å². The van der Waals surface area contributed by atoms with E-state index >= 15 is 0 Å². The van der Waals surface area contributed by atoms with Crippen LogP contribution in [0.5, 0.6) is 0 Å². The molecule has 0 amide bonds. The molecule has 18 heavy (non-hydrogen) atoms. The first kappa shape index (κ1) is 11.3. The van der Waals surface area contributed by atoms with Crippen molar-refractivity contribution in [3.05, 3.63) is 35.5 Å². The smallest absolute Gasteiger partial charge is 0.313 e. The Kier molecular flexibility index (Phi) is 2.27. The zero-order valence-electron chi connectivity index (χ0n) is 10.7. The maximum atomic E-state index is 11.4. The van der Waals surface area contributed by atoms with E-state index in [4.69, 9.17) is 0 Å². The van der Waals surface area contributed by atoms with E-state index in [1.165, 1.54) is 11.1 Å². The number of nitrogens with zero attached hydrogens (tertiary/aromatic N) is 1. The van der Waals surface area contributed by atoms with Gasteiger partial charge in [0.1, 0.15) is 0 Å². The Hall–Kier alpha value is -1.77. The lowest BCUT2D eigenvalue weighted by molar-refractivity contribution is -0.142. The monoisotopic (exact) mass is 243 g/mol. The highest BCUT2D eigenvalue weighted by Crippen LogP contribution is 2.32. The van der Waals surface area contributed by atoms with E-state index in [1.54, 1.807) is 13.8 Å². The lowest BCUT2D eigenvalue weighted by atomic mass is 9.82. The van der Waals surface area contributed by atoms with E-state index in [-0.39, 0.29) is 0 Å². The maximum Gasteiger partial charge on any atom is 0.313 e. The van der Waals surface area contributed by atoms with Gasteiger partial charge in [-0.15, -0.1) is 0 Å². The molecular formula is C15H17NO2. The molecule has 3 nitrogen and oxygen atoms in total. The molecule has 0 spiro atoms. The zero-order valence-corrected chi connectivity index (χ0v) is 10.7. The Morgan fingerprint density at radius 1 is 1.39 bits per heavy atom. The third-order valence-corrected chi connectivity index (χ3v) is 4.04. The quantitative estimate of drug-likeness (QED) is 0.881. The number of aryl methyl sites for hydroxylation is 2. The molecule has 0 saturated heterocycles. The van der Waals surface area contributed by atoms with Crippen molar-refractivity contribution in [3.63, 3.8) is 0 Å². The third-order valence-electron chi connectivity index (χ3n) is 4.04. The van der Waals surface area contributed by atoms with Crippen LogP contribution in [-0.2, 0) is 23.2 Å². The van der Waals surface area contributed by atoms with Gasteiger partial charge in [0.05, 0.1) is 10.9 Å². The van der Waals surface area contributed by atoms with Crippen molar-refractivity contribution >= 4 is 16.9 Å². The standard InChI is InChI=1S/C15H17NO2/c1-15(2,14(17)18)12-8-10-4-3-6-16-7-5-11(9-12)13(10)16/h5,7-9H,3-4,6H2,1-2H3,(H,17,18). The first-order valence-corrected chi connectivity index (χ1v) is 6.36. The molecule has 2 aromatic rings. The Morgan fingerprint density at radius 3 is 2.89 bits per heavy atom. The van der Waals surface area contributed by atoms with Gasteiger partial charge < -0.3 is 9.67 Å². The summed E-state index contributed by atoms with van der Waals surface area (Å²) in [4.78, 5) is 11.4. The Labute approximate surface area is 106 Å². The summed E-state index contributed by atoms with van der Waals surface area (Å²) in [6.45, 7) is 4.60. The van der Waals surface area contributed by atoms with Gasteiger partial charge >= 0.3 is 5.97 Å². The van der Waals surface area contributed by atoms with Gasteiger partial charge in [0.15, 0.2) is 0 Å². The van der Waals surface area contributed by atoms with Gasteiger partial charge in [-0.05, 0) is 49.9 Å². The number of carboxylic acid groups (broad SMARTS) is 1. The Bertz CT molecular complexity index is 637. The molecule has 0 unspecified atom stereocenters. The summed E-state index contributed by atoms with van der Waals surface area (Å²) in [5, 5.41) is 10.5. The number of carboxylic acids is 1. The molecule has 1 N–H and O–H groups in total. The van der Waals surface area contributed by atoms with Gasteiger partial charge in [-0.2, -0.15) is 0 Å². The number of hydrogen-bond donors (Lipinski definition) is 1. The molecule has 0 saturated carbocycles. The number of benzene rings is 1. The van der Waals surface area contributed by atoms with E-state index in [9.17, 15) is 9.90 Å². The molecule has 1 aliphatic heterocycles. The summed E-state index contributed by atoms with van der Waals surface area (Å²) in [5.74, 6) is -0.774. The van der Waals surface area contributed by atoms with Crippen molar-refractivity contribution in [3.8, 4) is 0 Å². The molecule has 2 heterocycles. The van der Waals surface area contributed by atoms with E-state index in [2.05, 4.69) is 22.9 Å². The maximum absolute atomic E-state index is 11.4. The number of carbonyl (C=O) groups is 1. The van der Waals surface area contributed by atoms with Crippen LogP contribution in [0.15, 0.2) is 24.4 Å². The fourth-order valence-electron chi connectivity index (χ4n) is 2.74. The van der Waals surface area contributed by atoms with Gasteiger partial charge in [-0.1, -0.05) is 6.07 Å². The van der Waals surface area contributed by atoms with Crippen LogP contribution in [0, 0.1) is 0 Å². The number of aromatic nitrogens is 1. The van der Waals surface area contributed by atoms with Gasteiger partial charge in [-0.25, -0.2) is 0 Å². The zero-order chi connectivity index (χ0) is 12.9. The minimum absolute atomic E-state index is 0.774. The number of hydrogen-bond acceptors (Lipinski definition) is 1. The molecule has 1 aromatic heterocycles. The largest absolute Gasteiger partial charge is 0.481 e. The molecular weight excluding hydrogens is 226 g/mol. The summed E-state index contributed by atoms with van der Waals surface area (Å²) in [7, 11) is 0. The third kappa shape index (κ3) is 1.47. The average Bonchev–Trinajstić information content (AvgIpc) is 2.74. The lowest BCUT2D eigenvalue weighted by Gasteiger charge is -2.23. The summed E-state index contributed by atoms with van der Waals surface area (Å²) in [5.41, 5.74) is 2.64. The molecule has 0 aliphatic carbocycles.